The first kappa shape index (κ1) is 17.3. The summed E-state index contributed by atoms with van der Waals surface area (Å²) in [7, 11) is 0. The molecule has 1 amide bonds. The molecular weight excluding hydrogens is 296 g/mol. The molecule has 23 heavy (non-hydrogen) atoms. The van der Waals surface area contributed by atoms with Gasteiger partial charge in [0.15, 0.2) is 0 Å². The van der Waals surface area contributed by atoms with Crippen molar-refractivity contribution in [3.05, 3.63) is 35.9 Å². The van der Waals surface area contributed by atoms with Crippen LogP contribution in [0, 0.1) is 5.92 Å². The first-order chi connectivity index (χ1) is 11.1. The highest BCUT2D eigenvalue weighted by Crippen LogP contribution is 2.24. The van der Waals surface area contributed by atoms with Gasteiger partial charge in [0, 0.05) is 12.6 Å². The summed E-state index contributed by atoms with van der Waals surface area (Å²) in [6, 6.07) is 9.58. The van der Waals surface area contributed by atoms with Crippen molar-refractivity contribution < 1.29 is 19.4 Å². The van der Waals surface area contributed by atoms with Gasteiger partial charge in [0.05, 0.1) is 6.54 Å². The van der Waals surface area contributed by atoms with E-state index in [1.807, 2.05) is 30.3 Å². The molecule has 2 rings (SSSR count). The molecule has 2 atom stereocenters. The van der Waals surface area contributed by atoms with E-state index < -0.39 is 12.1 Å². The van der Waals surface area contributed by atoms with Crippen LogP contribution in [-0.4, -0.2) is 36.3 Å². The van der Waals surface area contributed by atoms with Crippen LogP contribution in [0.3, 0.4) is 0 Å². The van der Waals surface area contributed by atoms with Crippen LogP contribution in [-0.2, 0) is 16.1 Å². The summed E-state index contributed by atoms with van der Waals surface area (Å²) in [4.78, 5) is 22.5. The zero-order chi connectivity index (χ0) is 16.5. The zero-order valence-electron chi connectivity index (χ0n) is 13.2. The van der Waals surface area contributed by atoms with Gasteiger partial charge < -0.3 is 20.5 Å². The zero-order valence-corrected chi connectivity index (χ0v) is 13.2. The number of rotatable bonds is 7. The molecule has 126 valence electrons. The Kier molecular flexibility index (Phi) is 6.87. The third-order valence-corrected chi connectivity index (χ3v) is 4.11. The lowest BCUT2D eigenvalue weighted by atomic mass is 9.84. The topological polar surface area (TPSA) is 87.7 Å². The Balaban J connectivity index is 1.76. The van der Waals surface area contributed by atoms with Crippen LogP contribution in [0.4, 0.5) is 4.79 Å². The molecule has 6 nitrogen and oxygen atoms in total. The van der Waals surface area contributed by atoms with Crippen molar-refractivity contribution >= 4 is 12.1 Å². The number of carbonyl (C=O) groups is 2. The Hall–Kier alpha value is -2.08. The number of carboxylic acid groups (broad SMARTS) is 1. The number of alkyl carbamates (subject to hydrolysis) is 1. The van der Waals surface area contributed by atoms with Crippen molar-refractivity contribution in [2.75, 3.05) is 13.1 Å². The fraction of sp³-hybridized carbons (Fsp3) is 0.529. The Morgan fingerprint density at radius 3 is 2.65 bits per heavy atom. The van der Waals surface area contributed by atoms with Gasteiger partial charge in [-0.2, -0.15) is 0 Å². The van der Waals surface area contributed by atoms with Gasteiger partial charge in [0.2, 0.25) is 0 Å². The van der Waals surface area contributed by atoms with Gasteiger partial charge in [0.25, 0.3) is 0 Å². The maximum Gasteiger partial charge on any atom is 0.407 e. The molecule has 0 saturated heterocycles. The van der Waals surface area contributed by atoms with Crippen LogP contribution in [0.15, 0.2) is 30.3 Å². The van der Waals surface area contributed by atoms with Crippen LogP contribution < -0.4 is 10.6 Å². The monoisotopic (exact) mass is 320 g/mol. The van der Waals surface area contributed by atoms with E-state index in [9.17, 15) is 9.59 Å². The summed E-state index contributed by atoms with van der Waals surface area (Å²) >= 11 is 0. The molecule has 3 N–H and O–H groups in total. The maximum absolute atomic E-state index is 12.0. The number of ether oxygens (including phenoxy) is 1. The summed E-state index contributed by atoms with van der Waals surface area (Å²) < 4.78 is 5.26. The first-order valence-corrected chi connectivity index (χ1v) is 8.05. The van der Waals surface area contributed by atoms with E-state index in [2.05, 4.69) is 10.6 Å². The highest BCUT2D eigenvalue weighted by atomic mass is 16.5. The van der Waals surface area contributed by atoms with Crippen molar-refractivity contribution in [2.24, 2.45) is 5.92 Å². The van der Waals surface area contributed by atoms with E-state index in [1.54, 1.807) is 0 Å². The minimum Gasteiger partial charge on any atom is -0.480 e. The van der Waals surface area contributed by atoms with Gasteiger partial charge in [-0.1, -0.05) is 43.2 Å². The second-order valence-corrected chi connectivity index (χ2v) is 5.88. The number of carboxylic acids is 1. The Bertz CT molecular complexity index is 507. The van der Waals surface area contributed by atoms with Crippen molar-refractivity contribution in [1.29, 1.82) is 0 Å². The van der Waals surface area contributed by atoms with Gasteiger partial charge in [-0.15, -0.1) is 0 Å². The van der Waals surface area contributed by atoms with Gasteiger partial charge in [0.1, 0.15) is 6.61 Å². The van der Waals surface area contributed by atoms with Gasteiger partial charge >= 0.3 is 12.1 Å². The molecule has 0 aliphatic heterocycles. The average Bonchev–Trinajstić information content (AvgIpc) is 2.55. The van der Waals surface area contributed by atoms with Crippen molar-refractivity contribution in [3.63, 3.8) is 0 Å². The number of carbonyl (C=O) groups excluding carboxylic acids is 1. The molecule has 0 heterocycles. The standard InChI is InChI=1S/C17H24N2O4/c20-16(21)11-18-10-14-8-4-5-9-15(14)19-17(22)23-12-13-6-2-1-3-7-13/h1-3,6-7,14-15,18H,4-5,8-12H2,(H,19,22)(H,20,21). The lowest BCUT2D eigenvalue weighted by Gasteiger charge is -2.32. The second-order valence-electron chi connectivity index (χ2n) is 5.88. The quantitative estimate of drug-likeness (QED) is 0.716. The van der Waals surface area contributed by atoms with E-state index in [4.69, 9.17) is 9.84 Å². The second kappa shape index (κ2) is 9.15. The van der Waals surface area contributed by atoms with E-state index in [1.165, 1.54) is 0 Å². The lowest BCUT2D eigenvalue weighted by Crippen LogP contribution is -2.46. The third kappa shape index (κ3) is 6.28. The Labute approximate surface area is 136 Å². The molecular formula is C17H24N2O4. The van der Waals surface area contributed by atoms with Gasteiger partial charge in [-0.3, -0.25) is 4.79 Å². The molecule has 6 heteroatoms. The van der Waals surface area contributed by atoms with E-state index >= 15 is 0 Å². The van der Waals surface area contributed by atoms with E-state index in [-0.39, 0.29) is 25.1 Å². The molecule has 0 aromatic heterocycles. The number of hydrogen-bond acceptors (Lipinski definition) is 4. The van der Waals surface area contributed by atoms with Crippen LogP contribution >= 0.6 is 0 Å². The molecule has 0 spiro atoms. The molecule has 0 radical (unpaired) electrons. The van der Waals surface area contributed by atoms with Crippen LogP contribution in [0.25, 0.3) is 0 Å². The fourth-order valence-corrected chi connectivity index (χ4v) is 2.92. The maximum atomic E-state index is 12.0. The normalized spacial score (nSPS) is 20.7. The largest absolute Gasteiger partial charge is 0.480 e. The molecule has 1 saturated carbocycles. The molecule has 1 aliphatic carbocycles. The highest BCUT2D eigenvalue weighted by Gasteiger charge is 2.26. The number of aliphatic carboxylic acids is 1. The first-order valence-electron chi connectivity index (χ1n) is 8.05. The number of amides is 1. The van der Waals surface area contributed by atoms with Crippen LogP contribution in [0.1, 0.15) is 31.2 Å². The summed E-state index contributed by atoms with van der Waals surface area (Å²) in [6.07, 6.45) is 3.65. The predicted octanol–water partition coefficient (Wildman–Crippen LogP) is 2.15. The van der Waals surface area contributed by atoms with Gasteiger partial charge in [-0.25, -0.2) is 4.79 Å². The number of nitrogens with one attached hydrogen (secondary N) is 2. The fourth-order valence-electron chi connectivity index (χ4n) is 2.92. The summed E-state index contributed by atoms with van der Waals surface area (Å²) in [5.74, 6) is -0.625. The van der Waals surface area contributed by atoms with Crippen molar-refractivity contribution in [2.45, 2.75) is 38.3 Å². The average molecular weight is 320 g/mol. The SMILES string of the molecule is O=C(O)CNCC1CCCCC1NC(=O)OCc1ccccc1. The lowest BCUT2D eigenvalue weighted by molar-refractivity contribution is -0.136. The minimum absolute atomic E-state index is 0.0355. The Morgan fingerprint density at radius 2 is 1.91 bits per heavy atom. The smallest absolute Gasteiger partial charge is 0.407 e. The molecule has 1 aliphatic rings. The predicted molar refractivity (Wildman–Crippen MR) is 86.0 cm³/mol. The summed E-state index contributed by atoms with van der Waals surface area (Å²) in [6.45, 7) is 0.791. The molecule has 0 bridgehead atoms. The van der Waals surface area contributed by atoms with E-state index in [0.29, 0.717) is 6.54 Å². The van der Waals surface area contributed by atoms with Gasteiger partial charge in [-0.05, 0) is 24.3 Å². The third-order valence-electron chi connectivity index (χ3n) is 4.11. The van der Waals surface area contributed by atoms with E-state index in [0.717, 1.165) is 31.2 Å². The van der Waals surface area contributed by atoms with Crippen LogP contribution in [0.2, 0.25) is 0 Å². The van der Waals surface area contributed by atoms with Crippen LogP contribution in [0.5, 0.6) is 0 Å². The molecule has 1 aromatic rings. The minimum atomic E-state index is -0.868. The number of hydrogen-bond donors (Lipinski definition) is 3. The Morgan fingerprint density at radius 1 is 1.17 bits per heavy atom. The number of benzene rings is 1. The summed E-state index contributed by atoms with van der Waals surface area (Å²) in [5.41, 5.74) is 0.950. The summed E-state index contributed by atoms with van der Waals surface area (Å²) in [5, 5.41) is 14.5. The molecule has 2 unspecified atom stereocenters. The highest BCUT2D eigenvalue weighted by molar-refractivity contribution is 5.69. The van der Waals surface area contributed by atoms with Crippen molar-refractivity contribution in [3.8, 4) is 0 Å². The van der Waals surface area contributed by atoms with Crippen molar-refractivity contribution in [1.82, 2.24) is 10.6 Å². The molecule has 1 aromatic carbocycles. The molecule has 1 fully saturated rings.